The molecule has 6 heteroatoms. The lowest BCUT2D eigenvalue weighted by Gasteiger charge is -2.24. The summed E-state index contributed by atoms with van der Waals surface area (Å²) < 4.78 is 0. The summed E-state index contributed by atoms with van der Waals surface area (Å²) in [5.41, 5.74) is 5.48. The smallest absolute Gasteiger partial charge is 0.251 e. The Morgan fingerprint density at radius 2 is 2.06 bits per heavy atom. The van der Waals surface area contributed by atoms with E-state index < -0.39 is 11.4 Å². The number of pyridine rings is 1. The molecule has 18 heavy (non-hydrogen) atoms. The van der Waals surface area contributed by atoms with Crippen LogP contribution in [0.1, 0.15) is 36.3 Å². The van der Waals surface area contributed by atoms with Gasteiger partial charge in [-0.1, -0.05) is 11.6 Å². The van der Waals surface area contributed by atoms with E-state index in [0.717, 1.165) is 0 Å². The van der Waals surface area contributed by atoms with Crippen molar-refractivity contribution in [2.24, 2.45) is 5.73 Å². The molecule has 2 amide bonds. The van der Waals surface area contributed by atoms with Gasteiger partial charge in [0.25, 0.3) is 5.91 Å². The number of halogens is 1. The van der Waals surface area contributed by atoms with Gasteiger partial charge in [-0.3, -0.25) is 9.59 Å². The Balaban J connectivity index is 2.85. The molecule has 3 N–H and O–H groups in total. The number of hydrogen-bond acceptors (Lipinski definition) is 3. The number of nitrogens with one attached hydrogen (secondary N) is 1. The minimum atomic E-state index is -0.702. The van der Waals surface area contributed by atoms with E-state index in [0.29, 0.717) is 11.3 Å². The normalized spacial score (nSPS) is 11.1. The Labute approximate surface area is 111 Å². The summed E-state index contributed by atoms with van der Waals surface area (Å²) in [6.07, 6.45) is 0.0660. The number of amides is 2. The lowest BCUT2D eigenvalue weighted by Crippen LogP contribution is -2.46. The van der Waals surface area contributed by atoms with Gasteiger partial charge in [0.1, 0.15) is 5.15 Å². The molecule has 1 rings (SSSR count). The van der Waals surface area contributed by atoms with Crippen molar-refractivity contribution in [3.05, 3.63) is 28.5 Å². The number of carbonyl (C=O) groups is 2. The number of primary amides is 1. The van der Waals surface area contributed by atoms with E-state index >= 15 is 0 Å². The molecule has 0 aliphatic rings. The Morgan fingerprint density at radius 1 is 1.44 bits per heavy atom. The molecule has 0 saturated heterocycles. The van der Waals surface area contributed by atoms with E-state index in [1.54, 1.807) is 26.8 Å². The Hall–Kier alpha value is -1.62. The summed E-state index contributed by atoms with van der Waals surface area (Å²) in [7, 11) is 0. The highest BCUT2D eigenvalue weighted by Gasteiger charge is 2.23. The monoisotopic (exact) mass is 269 g/mol. The van der Waals surface area contributed by atoms with Crippen LogP contribution in [0.15, 0.2) is 12.1 Å². The number of aryl methyl sites for hydroxylation is 1. The molecule has 1 heterocycles. The lowest BCUT2D eigenvalue weighted by atomic mass is 9.99. The third-order valence-corrected chi connectivity index (χ3v) is 2.45. The first kappa shape index (κ1) is 14.4. The molecular weight excluding hydrogens is 254 g/mol. The molecule has 0 radical (unpaired) electrons. The summed E-state index contributed by atoms with van der Waals surface area (Å²) in [4.78, 5) is 26.9. The second kappa shape index (κ2) is 5.35. The van der Waals surface area contributed by atoms with Crippen molar-refractivity contribution in [2.75, 3.05) is 0 Å². The van der Waals surface area contributed by atoms with Crippen LogP contribution in [0.3, 0.4) is 0 Å². The first-order valence-corrected chi connectivity index (χ1v) is 5.82. The van der Waals surface area contributed by atoms with Crippen LogP contribution >= 0.6 is 11.6 Å². The highest BCUT2D eigenvalue weighted by Crippen LogP contribution is 2.13. The van der Waals surface area contributed by atoms with E-state index in [9.17, 15) is 9.59 Å². The molecular formula is C12H16ClN3O2. The predicted molar refractivity (Wildman–Crippen MR) is 69.3 cm³/mol. The van der Waals surface area contributed by atoms with Gasteiger partial charge in [0.2, 0.25) is 5.91 Å². The van der Waals surface area contributed by atoms with Crippen LogP contribution in [-0.4, -0.2) is 22.3 Å². The van der Waals surface area contributed by atoms with Crippen molar-refractivity contribution >= 4 is 23.4 Å². The summed E-state index contributed by atoms with van der Waals surface area (Å²) in [5, 5.41) is 2.99. The third kappa shape index (κ3) is 4.33. The largest absolute Gasteiger partial charge is 0.370 e. The maximum absolute atomic E-state index is 12.0. The molecule has 0 spiro atoms. The highest BCUT2D eigenvalue weighted by atomic mass is 35.5. The SMILES string of the molecule is Cc1cc(C(=O)NC(C)(C)CC(N)=O)cc(Cl)n1. The van der Waals surface area contributed by atoms with E-state index in [1.165, 1.54) is 6.07 Å². The van der Waals surface area contributed by atoms with Crippen LogP contribution in [0.2, 0.25) is 5.15 Å². The van der Waals surface area contributed by atoms with Crippen LogP contribution < -0.4 is 11.1 Å². The zero-order valence-electron chi connectivity index (χ0n) is 10.6. The summed E-state index contributed by atoms with van der Waals surface area (Å²) >= 11 is 5.78. The van der Waals surface area contributed by atoms with E-state index in [2.05, 4.69) is 10.3 Å². The van der Waals surface area contributed by atoms with Gasteiger partial charge in [-0.25, -0.2) is 4.98 Å². The second-order valence-corrected chi connectivity index (χ2v) is 5.19. The predicted octanol–water partition coefficient (Wildman–Crippen LogP) is 1.43. The first-order valence-electron chi connectivity index (χ1n) is 5.44. The quantitative estimate of drug-likeness (QED) is 0.811. The van der Waals surface area contributed by atoms with Crippen molar-refractivity contribution in [1.29, 1.82) is 0 Å². The summed E-state index contributed by atoms with van der Waals surface area (Å²) in [6, 6.07) is 3.10. The van der Waals surface area contributed by atoms with Gasteiger partial charge in [0.15, 0.2) is 0 Å². The molecule has 98 valence electrons. The third-order valence-electron chi connectivity index (χ3n) is 2.25. The van der Waals surface area contributed by atoms with Crippen molar-refractivity contribution in [3.63, 3.8) is 0 Å². The molecule has 5 nitrogen and oxygen atoms in total. The van der Waals surface area contributed by atoms with Crippen LogP contribution in [0.4, 0.5) is 0 Å². The fourth-order valence-corrected chi connectivity index (χ4v) is 1.87. The van der Waals surface area contributed by atoms with E-state index in [4.69, 9.17) is 17.3 Å². The van der Waals surface area contributed by atoms with Gasteiger partial charge in [-0.15, -0.1) is 0 Å². The first-order chi connectivity index (χ1) is 8.19. The standard InChI is InChI=1S/C12H16ClN3O2/c1-7-4-8(5-9(13)15-7)11(18)16-12(2,3)6-10(14)17/h4-5H,6H2,1-3H3,(H2,14,17)(H,16,18). The van der Waals surface area contributed by atoms with Gasteiger partial charge in [-0.05, 0) is 32.9 Å². The van der Waals surface area contributed by atoms with Crippen LogP contribution in [-0.2, 0) is 4.79 Å². The molecule has 1 aromatic heterocycles. The summed E-state index contributed by atoms with van der Waals surface area (Å²) in [5.74, 6) is -0.780. The average Bonchev–Trinajstić information content (AvgIpc) is 2.12. The molecule has 0 aromatic carbocycles. The molecule has 0 saturated carbocycles. The molecule has 0 bridgehead atoms. The Bertz CT molecular complexity index is 466. The molecule has 0 unspecified atom stereocenters. The fraction of sp³-hybridized carbons (Fsp3) is 0.417. The zero-order valence-corrected chi connectivity index (χ0v) is 11.3. The molecule has 0 aliphatic heterocycles. The van der Waals surface area contributed by atoms with Crippen molar-refractivity contribution in [1.82, 2.24) is 10.3 Å². The van der Waals surface area contributed by atoms with Gasteiger partial charge >= 0.3 is 0 Å². The van der Waals surface area contributed by atoms with Gasteiger partial charge < -0.3 is 11.1 Å². The maximum atomic E-state index is 12.0. The van der Waals surface area contributed by atoms with Crippen LogP contribution in [0.25, 0.3) is 0 Å². The number of nitrogens with zero attached hydrogens (tertiary/aromatic N) is 1. The van der Waals surface area contributed by atoms with E-state index in [-0.39, 0.29) is 17.5 Å². The number of nitrogens with two attached hydrogens (primary N) is 1. The fourth-order valence-electron chi connectivity index (χ4n) is 1.62. The highest BCUT2D eigenvalue weighted by molar-refractivity contribution is 6.29. The molecule has 1 aromatic rings. The lowest BCUT2D eigenvalue weighted by molar-refractivity contribution is -0.119. The minimum absolute atomic E-state index is 0.0660. The van der Waals surface area contributed by atoms with Crippen molar-refractivity contribution in [2.45, 2.75) is 32.7 Å². The van der Waals surface area contributed by atoms with E-state index in [1.807, 2.05) is 0 Å². The molecule has 0 aliphatic carbocycles. The Kier molecular flexibility index (Phi) is 4.29. The number of hydrogen-bond donors (Lipinski definition) is 2. The minimum Gasteiger partial charge on any atom is -0.370 e. The summed E-state index contributed by atoms with van der Waals surface area (Å²) in [6.45, 7) is 5.20. The molecule has 0 atom stereocenters. The number of carbonyl (C=O) groups excluding carboxylic acids is 2. The van der Waals surface area contributed by atoms with Gasteiger partial charge in [0.05, 0.1) is 0 Å². The Morgan fingerprint density at radius 3 is 2.56 bits per heavy atom. The average molecular weight is 270 g/mol. The molecule has 0 fully saturated rings. The van der Waals surface area contributed by atoms with Gasteiger partial charge in [0, 0.05) is 23.2 Å². The van der Waals surface area contributed by atoms with Crippen LogP contribution in [0, 0.1) is 6.92 Å². The van der Waals surface area contributed by atoms with Gasteiger partial charge in [-0.2, -0.15) is 0 Å². The number of aromatic nitrogens is 1. The van der Waals surface area contributed by atoms with Crippen molar-refractivity contribution in [3.8, 4) is 0 Å². The topological polar surface area (TPSA) is 85.1 Å². The van der Waals surface area contributed by atoms with Crippen molar-refractivity contribution < 1.29 is 9.59 Å². The number of rotatable bonds is 4. The maximum Gasteiger partial charge on any atom is 0.251 e. The zero-order chi connectivity index (χ0) is 13.9. The second-order valence-electron chi connectivity index (χ2n) is 4.80. The van der Waals surface area contributed by atoms with Crippen LogP contribution in [0.5, 0.6) is 0 Å².